The first kappa shape index (κ1) is 16.8. The second-order valence-electron chi connectivity index (χ2n) is 6.76. The topological polar surface area (TPSA) is 78.4 Å². The minimum atomic E-state index is -0.286. The van der Waals surface area contributed by atoms with Gasteiger partial charge in [-0.25, -0.2) is 4.79 Å². The molecule has 2 aliphatic heterocycles. The van der Waals surface area contributed by atoms with Crippen molar-refractivity contribution < 1.29 is 9.59 Å². The number of rotatable bonds is 1. The van der Waals surface area contributed by atoms with Crippen molar-refractivity contribution in [2.24, 2.45) is 0 Å². The van der Waals surface area contributed by atoms with Crippen LogP contribution in [0.1, 0.15) is 18.9 Å². The molecule has 3 heterocycles. The normalized spacial score (nSPS) is 21.2. The first-order valence-electron chi connectivity index (χ1n) is 8.40. The van der Waals surface area contributed by atoms with Crippen LogP contribution in [-0.2, 0) is 10.2 Å². The molecule has 1 atom stereocenters. The summed E-state index contributed by atoms with van der Waals surface area (Å²) in [5.41, 5.74) is 1.55. The lowest BCUT2D eigenvalue weighted by molar-refractivity contribution is -0.127. The van der Waals surface area contributed by atoms with Crippen molar-refractivity contribution in [2.75, 3.05) is 29.9 Å². The van der Waals surface area contributed by atoms with Gasteiger partial charge in [0.05, 0.1) is 0 Å². The first-order chi connectivity index (χ1) is 12.5. The van der Waals surface area contributed by atoms with Crippen LogP contribution in [0.2, 0.25) is 5.02 Å². The predicted molar refractivity (Wildman–Crippen MR) is 98.4 cm³/mol. The number of likely N-dealkylation sites (tertiary alicyclic amines) is 1. The van der Waals surface area contributed by atoms with E-state index in [1.54, 1.807) is 36.2 Å². The fourth-order valence-corrected chi connectivity index (χ4v) is 4.03. The van der Waals surface area contributed by atoms with Crippen LogP contribution in [0.25, 0.3) is 0 Å². The van der Waals surface area contributed by atoms with Gasteiger partial charge in [0.25, 0.3) is 0 Å². The zero-order chi connectivity index (χ0) is 18.3. The Labute approximate surface area is 155 Å². The molecule has 0 bridgehead atoms. The molecule has 1 N–H and O–H groups in total. The molecule has 2 aromatic rings. The number of carbonyl (C=O) groups excluding carboxylic acids is 2. The standard InChI is InChI=1S/C18H18ClN5O2/c1-12(25)23-8-6-18(10-23)11-24(15-5-4-13(19)9-14(15)18)17(26)21-16-3-2-7-20-22-16/h2-5,7,9H,6,8,10-11H2,1H3,(H,21,22,26). The van der Waals surface area contributed by atoms with Gasteiger partial charge in [0.1, 0.15) is 0 Å². The van der Waals surface area contributed by atoms with E-state index in [0.717, 1.165) is 17.7 Å². The Balaban J connectivity index is 1.66. The Morgan fingerprint density at radius 2 is 2.12 bits per heavy atom. The first-order valence-corrected chi connectivity index (χ1v) is 8.78. The molecular formula is C18H18ClN5O2. The van der Waals surface area contributed by atoms with Crippen molar-refractivity contribution in [2.45, 2.75) is 18.8 Å². The highest BCUT2D eigenvalue weighted by Crippen LogP contribution is 2.47. The maximum Gasteiger partial charge on any atom is 0.327 e. The van der Waals surface area contributed by atoms with E-state index < -0.39 is 0 Å². The van der Waals surface area contributed by atoms with Crippen molar-refractivity contribution in [1.82, 2.24) is 15.1 Å². The largest absolute Gasteiger partial charge is 0.342 e. The van der Waals surface area contributed by atoms with Gasteiger partial charge in [-0.3, -0.25) is 15.0 Å². The third-order valence-corrected chi connectivity index (χ3v) is 5.37. The summed E-state index contributed by atoms with van der Waals surface area (Å²) in [4.78, 5) is 28.2. The average molecular weight is 372 g/mol. The van der Waals surface area contributed by atoms with Crippen molar-refractivity contribution in [3.63, 3.8) is 0 Å². The van der Waals surface area contributed by atoms with E-state index in [1.807, 2.05) is 17.0 Å². The summed E-state index contributed by atoms with van der Waals surface area (Å²) in [7, 11) is 0. The fourth-order valence-electron chi connectivity index (χ4n) is 3.86. The average Bonchev–Trinajstić information content (AvgIpc) is 3.19. The second kappa shape index (κ2) is 6.25. The molecule has 134 valence electrons. The minimum absolute atomic E-state index is 0.0490. The second-order valence-corrected chi connectivity index (χ2v) is 7.19. The van der Waals surface area contributed by atoms with Gasteiger partial charge < -0.3 is 4.90 Å². The van der Waals surface area contributed by atoms with Gasteiger partial charge in [0.2, 0.25) is 5.91 Å². The molecular weight excluding hydrogens is 354 g/mol. The van der Waals surface area contributed by atoms with Crippen LogP contribution in [0.4, 0.5) is 16.3 Å². The van der Waals surface area contributed by atoms with E-state index in [0.29, 0.717) is 30.5 Å². The molecule has 1 unspecified atom stereocenters. The number of nitrogens with one attached hydrogen (secondary N) is 1. The van der Waals surface area contributed by atoms with Gasteiger partial charge in [-0.05, 0) is 42.3 Å². The van der Waals surface area contributed by atoms with Gasteiger partial charge in [-0.1, -0.05) is 11.6 Å². The fraction of sp³-hybridized carbons (Fsp3) is 0.333. The van der Waals surface area contributed by atoms with E-state index in [9.17, 15) is 9.59 Å². The van der Waals surface area contributed by atoms with Crippen molar-refractivity contribution in [3.05, 3.63) is 47.1 Å². The van der Waals surface area contributed by atoms with E-state index >= 15 is 0 Å². The van der Waals surface area contributed by atoms with Crippen LogP contribution in [0.5, 0.6) is 0 Å². The van der Waals surface area contributed by atoms with Gasteiger partial charge >= 0.3 is 6.03 Å². The summed E-state index contributed by atoms with van der Waals surface area (Å²) in [6, 6.07) is 8.68. The minimum Gasteiger partial charge on any atom is -0.342 e. The Morgan fingerprint density at radius 3 is 2.81 bits per heavy atom. The molecule has 4 rings (SSSR count). The maximum absolute atomic E-state index is 12.9. The number of urea groups is 1. The number of halogens is 1. The number of carbonyl (C=O) groups is 2. The van der Waals surface area contributed by atoms with E-state index in [-0.39, 0.29) is 17.4 Å². The maximum atomic E-state index is 12.9. The number of hydrogen-bond acceptors (Lipinski definition) is 4. The van der Waals surface area contributed by atoms with Crippen LogP contribution in [0.15, 0.2) is 36.5 Å². The Morgan fingerprint density at radius 1 is 1.27 bits per heavy atom. The number of fused-ring (bicyclic) bond motifs is 2. The highest BCUT2D eigenvalue weighted by atomic mass is 35.5. The Kier molecular flexibility index (Phi) is 4.03. The molecule has 1 aromatic carbocycles. The molecule has 7 nitrogen and oxygen atoms in total. The van der Waals surface area contributed by atoms with Crippen molar-refractivity contribution >= 4 is 35.0 Å². The Hall–Kier alpha value is -2.67. The summed E-state index contributed by atoms with van der Waals surface area (Å²) >= 11 is 6.22. The van der Waals surface area contributed by atoms with E-state index in [4.69, 9.17) is 11.6 Å². The molecule has 1 spiro atoms. The number of aromatic nitrogens is 2. The lowest BCUT2D eigenvalue weighted by Gasteiger charge is -2.25. The SMILES string of the molecule is CC(=O)N1CCC2(C1)CN(C(=O)Nc1cccnn1)c1ccc(Cl)cc12. The monoisotopic (exact) mass is 371 g/mol. The van der Waals surface area contributed by atoms with Crippen LogP contribution in [0, 0.1) is 0 Å². The van der Waals surface area contributed by atoms with Crippen LogP contribution >= 0.6 is 11.6 Å². The third kappa shape index (κ3) is 2.78. The lowest BCUT2D eigenvalue weighted by atomic mass is 9.81. The number of amides is 3. The summed E-state index contributed by atoms with van der Waals surface area (Å²) < 4.78 is 0. The molecule has 1 saturated heterocycles. The Bertz CT molecular complexity index is 875. The molecule has 1 fully saturated rings. The number of nitrogens with zero attached hydrogens (tertiary/aromatic N) is 4. The number of anilines is 2. The molecule has 26 heavy (non-hydrogen) atoms. The van der Waals surface area contributed by atoms with Gasteiger partial charge in [-0.2, -0.15) is 5.10 Å². The van der Waals surface area contributed by atoms with E-state index in [2.05, 4.69) is 15.5 Å². The van der Waals surface area contributed by atoms with Gasteiger partial charge in [-0.15, -0.1) is 5.10 Å². The lowest BCUT2D eigenvalue weighted by Crippen LogP contribution is -2.41. The molecule has 0 radical (unpaired) electrons. The zero-order valence-electron chi connectivity index (χ0n) is 14.3. The predicted octanol–water partition coefficient (Wildman–Crippen LogP) is 2.67. The summed E-state index contributed by atoms with van der Waals surface area (Å²) in [5.74, 6) is 0.443. The molecule has 1 aromatic heterocycles. The molecule has 0 aliphatic carbocycles. The smallest absolute Gasteiger partial charge is 0.327 e. The van der Waals surface area contributed by atoms with Crippen LogP contribution in [-0.4, -0.2) is 46.7 Å². The van der Waals surface area contributed by atoms with Crippen molar-refractivity contribution in [1.29, 1.82) is 0 Å². The van der Waals surface area contributed by atoms with Gasteiger partial charge in [0.15, 0.2) is 5.82 Å². The summed E-state index contributed by atoms with van der Waals surface area (Å²) in [6.07, 6.45) is 2.35. The number of benzene rings is 1. The zero-order valence-corrected chi connectivity index (χ0v) is 15.0. The van der Waals surface area contributed by atoms with Crippen LogP contribution in [0.3, 0.4) is 0 Å². The molecule has 8 heteroatoms. The summed E-state index contributed by atoms with van der Waals surface area (Å²) in [5, 5.41) is 11.1. The van der Waals surface area contributed by atoms with E-state index in [1.165, 1.54) is 0 Å². The van der Waals surface area contributed by atoms with Gasteiger partial charge in [0, 0.05) is 48.9 Å². The van der Waals surface area contributed by atoms with Crippen molar-refractivity contribution in [3.8, 4) is 0 Å². The highest BCUT2D eigenvalue weighted by Gasteiger charge is 2.49. The molecule has 0 saturated carbocycles. The quantitative estimate of drug-likeness (QED) is 0.835. The molecule has 2 aliphatic rings. The highest BCUT2D eigenvalue weighted by molar-refractivity contribution is 6.30. The van der Waals surface area contributed by atoms with Crippen LogP contribution < -0.4 is 10.2 Å². The summed E-state index contributed by atoms with van der Waals surface area (Å²) in [6.45, 7) is 3.34. The third-order valence-electron chi connectivity index (χ3n) is 5.13. The number of hydrogen-bond donors (Lipinski definition) is 1. The molecule has 3 amide bonds.